The summed E-state index contributed by atoms with van der Waals surface area (Å²) in [6.07, 6.45) is 2.56. The van der Waals surface area contributed by atoms with Crippen LogP contribution in [-0.4, -0.2) is 22.0 Å². The van der Waals surface area contributed by atoms with Crippen molar-refractivity contribution in [3.8, 4) is 0 Å². The predicted molar refractivity (Wildman–Crippen MR) is 84.6 cm³/mol. The Kier molecular flexibility index (Phi) is 5.66. The van der Waals surface area contributed by atoms with Crippen LogP contribution in [0.2, 0.25) is 0 Å². The van der Waals surface area contributed by atoms with Crippen LogP contribution in [0.4, 0.5) is 0 Å². The number of thiazole rings is 1. The molecule has 0 bridgehead atoms. The largest absolute Gasteiger partial charge is 0.481 e. The summed E-state index contributed by atoms with van der Waals surface area (Å²) in [6.45, 7) is 1.60. The predicted octanol–water partition coefficient (Wildman–Crippen LogP) is 2.65. The van der Waals surface area contributed by atoms with E-state index in [4.69, 9.17) is 0 Å². The quantitative estimate of drug-likeness (QED) is 0.822. The minimum Gasteiger partial charge on any atom is -0.481 e. The maximum atomic E-state index is 12.1. The van der Waals surface area contributed by atoms with Gasteiger partial charge in [-0.2, -0.15) is 0 Å². The van der Waals surface area contributed by atoms with E-state index in [0.29, 0.717) is 12.8 Å². The first-order chi connectivity index (χ1) is 10.6. The molecule has 0 radical (unpaired) electrons. The third kappa shape index (κ3) is 4.39. The van der Waals surface area contributed by atoms with Gasteiger partial charge in [0.25, 0.3) is 0 Å². The number of aliphatic carboxylic acids is 1. The van der Waals surface area contributed by atoms with Crippen molar-refractivity contribution in [2.45, 2.75) is 25.8 Å². The number of aryl methyl sites for hydroxylation is 1. The van der Waals surface area contributed by atoms with Gasteiger partial charge in [-0.15, -0.1) is 11.3 Å². The minimum atomic E-state index is -0.936. The maximum Gasteiger partial charge on any atom is 0.308 e. The van der Waals surface area contributed by atoms with Gasteiger partial charge in [-0.25, -0.2) is 4.98 Å². The van der Waals surface area contributed by atoms with Gasteiger partial charge >= 0.3 is 5.97 Å². The Morgan fingerprint density at radius 2 is 2.05 bits per heavy atom. The average molecular weight is 318 g/mol. The second-order valence-electron chi connectivity index (χ2n) is 5.01. The fraction of sp³-hybridized carbons (Fsp3) is 0.312. The molecule has 1 aromatic heterocycles. The fourth-order valence-corrected chi connectivity index (χ4v) is 2.76. The molecule has 1 amide bonds. The van der Waals surface area contributed by atoms with Crippen molar-refractivity contribution in [1.82, 2.24) is 10.3 Å². The molecule has 0 spiro atoms. The van der Waals surface area contributed by atoms with Gasteiger partial charge in [-0.05, 0) is 12.5 Å². The van der Waals surface area contributed by atoms with Crippen molar-refractivity contribution in [2.24, 2.45) is 5.92 Å². The lowest BCUT2D eigenvalue weighted by atomic mass is 9.94. The molecule has 1 heterocycles. The molecular weight excluding hydrogens is 300 g/mol. The van der Waals surface area contributed by atoms with E-state index in [0.717, 1.165) is 10.6 Å². The smallest absolute Gasteiger partial charge is 0.308 e. The molecule has 22 heavy (non-hydrogen) atoms. The number of carbonyl (C=O) groups excluding carboxylic acids is 1. The van der Waals surface area contributed by atoms with Crippen LogP contribution >= 0.6 is 11.3 Å². The van der Waals surface area contributed by atoms with Gasteiger partial charge in [0.05, 0.1) is 17.0 Å². The first kappa shape index (κ1) is 16.2. The Morgan fingerprint density at radius 3 is 2.64 bits per heavy atom. The molecule has 2 atom stereocenters. The van der Waals surface area contributed by atoms with E-state index >= 15 is 0 Å². The highest BCUT2D eigenvalue weighted by molar-refractivity contribution is 7.09. The van der Waals surface area contributed by atoms with Crippen molar-refractivity contribution in [3.05, 3.63) is 52.5 Å². The first-order valence-corrected chi connectivity index (χ1v) is 7.91. The van der Waals surface area contributed by atoms with Gasteiger partial charge in [-0.1, -0.05) is 30.3 Å². The van der Waals surface area contributed by atoms with Crippen LogP contribution in [0.5, 0.6) is 0 Å². The SMILES string of the molecule is CC(C(=O)O)C(NC(=O)CCc1nccs1)c1ccccc1. The summed E-state index contributed by atoms with van der Waals surface area (Å²) in [5.41, 5.74) is 0.792. The maximum absolute atomic E-state index is 12.1. The number of carboxylic acids is 1. The summed E-state index contributed by atoms with van der Waals surface area (Å²) >= 11 is 1.51. The Bertz CT molecular complexity index is 614. The molecular formula is C16H18N2O3S. The number of benzene rings is 1. The zero-order chi connectivity index (χ0) is 15.9. The average Bonchev–Trinajstić information content (AvgIpc) is 3.04. The van der Waals surface area contributed by atoms with E-state index < -0.39 is 17.9 Å². The third-order valence-electron chi connectivity index (χ3n) is 3.41. The molecule has 2 aromatic rings. The van der Waals surface area contributed by atoms with E-state index in [2.05, 4.69) is 10.3 Å². The number of nitrogens with zero attached hydrogens (tertiary/aromatic N) is 1. The van der Waals surface area contributed by atoms with Crippen LogP contribution in [0.1, 0.15) is 30.0 Å². The van der Waals surface area contributed by atoms with Gasteiger partial charge in [0, 0.05) is 24.4 Å². The van der Waals surface area contributed by atoms with Crippen LogP contribution in [0, 0.1) is 5.92 Å². The van der Waals surface area contributed by atoms with Crippen molar-refractivity contribution in [3.63, 3.8) is 0 Å². The van der Waals surface area contributed by atoms with Gasteiger partial charge < -0.3 is 10.4 Å². The summed E-state index contributed by atoms with van der Waals surface area (Å²) in [6, 6.07) is 8.63. The van der Waals surface area contributed by atoms with Crippen LogP contribution in [0.25, 0.3) is 0 Å². The van der Waals surface area contributed by atoms with E-state index in [1.165, 1.54) is 11.3 Å². The van der Waals surface area contributed by atoms with Crippen LogP contribution in [-0.2, 0) is 16.0 Å². The van der Waals surface area contributed by atoms with E-state index in [-0.39, 0.29) is 5.91 Å². The molecule has 0 fully saturated rings. The number of carbonyl (C=O) groups is 2. The number of nitrogens with one attached hydrogen (secondary N) is 1. The number of rotatable bonds is 7. The molecule has 116 valence electrons. The van der Waals surface area contributed by atoms with Crippen LogP contribution in [0.3, 0.4) is 0 Å². The Labute approximate surface area is 133 Å². The molecule has 0 aliphatic rings. The highest BCUT2D eigenvalue weighted by Crippen LogP contribution is 2.22. The second-order valence-corrected chi connectivity index (χ2v) is 5.99. The molecule has 2 rings (SSSR count). The molecule has 0 saturated heterocycles. The Morgan fingerprint density at radius 1 is 1.32 bits per heavy atom. The van der Waals surface area contributed by atoms with Gasteiger partial charge in [-0.3, -0.25) is 9.59 Å². The number of hydrogen-bond donors (Lipinski definition) is 2. The van der Waals surface area contributed by atoms with E-state index in [1.807, 2.05) is 35.7 Å². The summed E-state index contributed by atoms with van der Waals surface area (Å²) in [5.74, 6) is -1.81. The van der Waals surface area contributed by atoms with Gasteiger partial charge in [0.2, 0.25) is 5.91 Å². The van der Waals surface area contributed by atoms with Crippen LogP contribution in [0.15, 0.2) is 41.9 Å². The molecule has 6 heteroatoms. The summed E-state index contributed by atoms with van der Waals surface area (Å²) < 4.78 is 0. The fourth-order valence-electron chi connectivity index (χ4n) is 2.14. The van der Waals surface area contributed by atoms with Crippen molar-refractivity contribution >= 4 is 23.2 Å². The summed E-state index contributed by atoms with van der Waals surface area (Å²) in [7, 11) is 0. The highest BCUT2D eigenvalue weighted by Gasteiger charge is 2.26. The molecule has 0 aliphatic carbocycles. The lowest BCUT2D eigenvalue weighted by Gasteiger charge is -2.23. The van der Waals surface area contributed by atoms with Crippen LogP contribution < -0.4 is 5.32 Å². The van der Waals surface area contributed by atoms with Gasteiger partial charge in [0.1, 0.15) is 0 Å². The second kappa shape index (κ2) is 7.70. The number of carboxylic acid groups (broad SMARTS) is 1. The molecule has 0 saturated carbocycles. The molecule has 1 aromatic carbocycles. The highest BCUT2D eigenvalue weighted by atomic mass is 32.1. The first-order valence-electron chi connectivity index (χ1n) is 7.03. The molecule has 5 nitrogen and oxygen atoms in total. The Balaban J connectivity index is 2.02. The van der Waals surface area contributed by atoms with E-state index in [1.54, 1.807) is 13.1 Å². The molecule has 0 aliphatic heterocycles. The summed E-state index contributed by atoms with van der Waals surface area (Å²) in [5, 5.41) is 14.8. The molecule has 2 unspecified atom stereocenters. The van der Waals surface area contributed by atoms with Crippen molar-refractivity contribution in [2.75, 3.05) is 0 Å². The third-order valence-corrected chi connectivity index (χ3v) is 4.25. The Hall–Kier alpha value is -2.21. The zero-order valence-electron chi connectivity index (χ0n) is 12.2. The number of aromatic nitrogens is 1. The monoisotopic (exact) mass is 318 g/mol. The van der Waals surface area contributed by atoms with Crippen molar-refractivity contribution < 1.29 is 14.7 Å². The topological polar surface area (TPSA) is 79.3 Å². The minimum absolute atomic E-state index is 0.169. The summed E-state index contributed by atoms with van der Waals surface area (Å²) in [4.78, 5) is 27.5. The lowest BCUT2D eigenvalue weighted by molar-refractivity contribution is -0.142. The van der Waals surface area contributed by atoms with E-state index in [9.17, 15) is 14.7 Å². The van der Waals surface area contributed by atoms with Gasteiger partial charge in [0.15, 0.2) is 0 Å². The van der Waals surface area contributed by atoms with Crippen molar-refractivity contribution in [1.29, 1.82) is 0 Å². The molecule has 2 N–H and O–H groups in total. The zero-order valence-corrected chi connectivity index (χ0v) is 13.0. The standard InChI is InChI=1S/C16H18N2O3S/c1-11(16(20)21)15(12-5-3-2-4-6-12)18-13(19)7-8-14-17-9-10-22-14/h2-6,9-11,15H,7-8H2,1H3,(H,18,19)(H,20,21). The number of amides is 1. The number of hydrogen-bond acceptors (Lipinski definition) is 4. The lowest BCUT2D eigenvalue weighted by Crippen LogP contribution is -2.35. The normalized spacial score (nSPS) is 13.3.